The van der Waals surface area contributed by atoms with Gasteiger partial charge >= 0.3 is 0 Å². The number of hydrogen-bond acceptors (Lipinski definition) is 1. The summed E-state index contributed by atoms with van der Waals surface area (Å²) in [5.41, 5.74) is 0.528. The Morgan fingerprint density at radius 1 is 1.30 bits per heavy atom. The molecule has 0 spiro atoms. The molecule has 2 atom stereocenters. The molecule has 0 aromatic heterocycles. The van der Waals surface area contributed by atoms with Crippen molar-refractivity contribution in [1.82, 2.24) is 4.90 Å². The molecule has 0 amide bonds. The van der Waals surface area contributed by atoms with Crippen LogP contribution in [0.5, 0.6) is 0 Å². The number of rotatable bonds is 1. The first-order chi connectivity index (χ1) is 4.85. The molecule has 10 heavy (non-hydrogen) atoms. The van der Waals surface area contributed by atoms with Crippen molar-refractivity contribution in [1.29, 1.82) is 0 Å². The molecule has 2 heterocycles. The number of fused-ring (bicyclic) bond motifs is 2. The highest BCUT2D eigenvalue weighted by molar-refractivity contribution is 6.18. The van der Waals surface area contributed by atoms with E-state index < -0.39 is 0 Å². The Hall–Kier alpha value is 0.250. The van der Waals surface area contributed by atoms with Crippen molar-refractivity contribution in [3.63, 3.8) is 0 Å². The lowest BCUT2D eigenvalue weighted by molar-refractivity contribution is 0.203. The van der Waals surface area contributed by atoms with Crippen LogP contribution >= 0.6 is 11.6 Å². The second-order valence-corrected chi connectivity index (χ2v) is 4.03. The Balaban J connectivity index is 2.10. The van der Waals surface area contributed by atoms with Crippen molar-refractivity contribution in [3.8, 4) is 0 Å². The molecule has 1 unspecified atom stereocenters. The van der Waals surface area contributed by atoms with Crippen LogP contribution in [0, 0.1) is 5.41 Å². The lowest BCUT2D eigenvalue weighted by Crippen LogP contribution is -2.34. The maximum absolute atomic E-state index is 5.94. The van der Waals surface area contributed by atoms with Gasteiger partial charge in [-0.2, -0.15) is 0 Å². The number of hydrogen-bond donors (Lipinski definition) is 0. The van der Waals surface area contributed by atoms with E-state index in [1.54, 1.807) is 0 Å². The van der Waals surface area contributed by atoms with E-state index in [0.717, 1.165) is 5.88 Å². The van der Waals surface area contributed by atoms with Gasteiger partial charge < -0.3 is 4.90 Å². The Kier molecular flexibility index (Phi) is 1.65. The third-order valence-corrected chi connectivity index (χ3v) is 3.55. The van der Waals surface area contributed by atoms with Gasteiger partial charge in [-0.3, -0.25) is 0 Å². The molecule has 2 fully saturated rings. The molecule has 0 aromatic carbocycles. The zero-order chi connectivity index (χ0) is 7.03. The predicted octanol–water partition coefficient (Wildman–Crippen LogP) is 1.71. The zero-order valence-electron chi connectivity index (χ0n) is 6.27. The average Bonchev–Trinajstić information content (AvgIpc) is 2.29. The molecule has 0 N–H and O–H groups in total. The van der Waals surface area contributed by atoms with E-state index in [0.29, 0.717) is 5.41 Å². The van der Waals surface area contributed by atoms with Crippen LogP contribution in [0.25, 0.3) is 0 Å². The van der Waals surface area contributed by atoms with E-state index in [4.69, 9.17) is 11.6 Å². The minimum Gasteiger partial charge on any atom is -0.303 e. The van der Waals surface area contributed by atoms with Crippen LogP contribution in [0.1, 0.15) is 19.3 Å². The quantitative estimate of drug-likeness (QED) is 0.527. The molecule has 2 aliphatic rings. The monoisotopic (exact) mass is 159 g/mol. The highest BCUT2D eigenvalue weighted by atomic mass is 35.5. The van der Waals surface area contributed by atoms with Gasteiger partial charge in [-0.1, -0.05) is 0 Å². The normalized spacial score (nSPS) is 45.9. The van der Waals surface area contributed by atoms with Crippen LogP contribution in [0.2, 0.25) is 0 Å². The molecule has 58 valence electrons. The summed E-state index contributed by atoms with van der Waals surface area (Å²) in [7, 11) is 0. The summed E-state index contributed by atoms with van der Waals surface area (Å²) in [4.78, 5) is 2.55. The third-order valence-electron chi connectivity index (χ3n) is 2.98. The van der Waals surface area contributed by atoms with Crippen LogP contribution < -0.4 is 0 Å². The molecule has 0 saturated carbocycles. The fourth-order valence-electron chi connectivity index (χ4n) is 2.28. The maximum Gasteiger partial charge on any atom is 0.0292 e. The topological polar surface area (TPSA) is 3.24 Å². The van der Waals surface area contributed by atoms with Crippen molar-refractivity contribution in [3.05, 3.63) is 0 Å². The first kappa shape index (κ1) is 6.93. The molecule has 0 aliphatic carbocycles. The van der Waals surface area contributed by atoms with Crippen LogP contribution in [0.4, 0.5) is 0 Å². The van der Waals surface area contributed by atoms with Crippen molar-refractivity contribution in [2.24, 2.45) is 5.41 Å². The highest BCUT2D eigenvalue weighted by Gasteiger charge is 2.39. The first-order valence-corrected chi connectivity index (χ1v) is 4.66. The van der Waals surface area contributed by atoms with Gasteiger partial charge in [0.05, 0.1) is 0 Å². The summed E-state index contributed by atoms with van der Waals surface area (Å²) in [5, 5.41) is 0. The van der Waals surface area contributed by atoms with Crippen LogP contribution in [0.15, 0.2) is 0 Å². The third kappa shape index (κ3) is 0.960. The standard InChI is InChI=1S/C8H14ClN/c9-6-8-2-1-4-10(7-8)5-3-8/h1-7H2/t8-/m1/s1. The summed E-state index contributed by atoms with van der Waals surface area (Å²) < 4.78 is 0. The Morgan fingerprint density at radius 3 is 2.90 bits per heavy atom. The minimum atomic E-state index is 0.528. The Labute approximate surface area is 67.3 Å². The van der Waals surface area contributed by atoms with E-state index in [2.05, 4.69) is 4.90 Å². The minimum absolute atomic E-state index is 0.528. The van der Waals surface area contributed by atoms with Crippen molar-refractivity contribution in [2.75, 3.05) is 25.5 Å². The average molecular weight is 160 g/mol. The van der Waals surface area contributed by atoms with Crippen LogP contribution in [-0.4, -0.2) is 30.4 Å². The van der Waals surface area contributed by atoms with E-state index >= 15 is 0 Å². The summed E-state index contributed by atoms with van der Waals surface area (Å²) in [6.07, 6.45) is 4.08. The van der Waals surface area contributed by atoms with E-state index in [1.807, 2.05) is 0 Å². The molecule has 2 saturated heterocycles. The number of alkyl halides is 1. The zero-order valence-corrected chi connectivity index (χ0v) is 7.03. The van der Waals surface area contributed by atoms with E-state index in [-0.39, 0.29) is 0 Å². The Morgan fingerprint density at radius 2 is 2.20 bits per heavy atom. The summed E-state index contributed by atoms with van der Waals surface area (Å²) in [5.74, 6) is 0.878. The fraction of sp³-hybridized carbons (Fsp3) is 1.00. The second-order valence-electron chi connectivity index (χ2n) is 3.76. The molecule has 2 aliphatic heterocycles. The number of nitrogens with zero attached hydrogens (tertiary/aromatic N) is 1. The van der Waals surface area contributed by atoms with Gasteiger partial charge in [-0.15, -0.1) is 11.6 Å². The Bertz CT molecular complexity index is 133. The van der Waals surface area contributed by atoms with Gasteiger partial charge in [-0.05, 0) is 37.8 Å². The van der Waals surface area contributed by atoms with Gasteiger partial charge in [0.15, 0.2) is 0 Å². The van der Waals surface area contributed by atoms with E-state index in [1.165, 1.54) is 38.9 Å². The highest BCUT2D eigenvalue weighted by Crippen LogP contribution is 2.39. The summed E-state index contributed by atoms with van der Waals surface area (Å²) in [6, 6.07) is 0. The van der Waals surface area contributed by atoms with Gasteiger partial charge in [0, 0.05) is 12.4 Å². The predicted molar refractivity (Wildman–Crippen MR) is 43.4 cm³/mol. The molecule has 0 radical (unpaired) electrons. The molecule has 0 aromatic rings. The van der Waals surface area contributed by atoms with Crippen LogP contribution in [0.3, 0.4) is 0 Å². The largest absolute Gasteiger partial charge is 0.303 e. The molecular formula is C8H14ClN. The van der Waals surface area contributed by atoms with E-state index in [9.17, 15) is 0 Å². The summed E-state index contributed by atoms with van der Waals surface area (Å²) in [6.45, 7) is 3.89. The summed E-state index contributed by atoms with van der Waals surface area (Å²) >= 11 is 5.94. The van der Waals surface area contributed by atoms with Gasteiger partial charge in [0.1, 0.15) is 0 Å². The van der Waals surface area contributed by atoms with Crippen LogP contribution in [-0.2, 0) is 0 Å². The molecule has 2 bridgehead atoms. The molecule has 2 rings (SSSR count). The molecule has 1 nitrogen and oxygen atoms in total. The van der Waals surface area contributed by atoms with Crippen molar-refractivity contribution < 1.29 is 0 Å². The maximum atomic E-state index is 5.94. The number of halogens is 1. The SMILES string of the molecule is ClC[C@@]12CCCN(CC1)C2. The van der Waals surface area contributed by atoms with Crippen molar-refractivity contribution >= 4 is 11.6 Å². The number of piperidine rings is 1. The molecular weight excluding hydrogens is 146 g/mol. The first-order valence-electron chi connectivity index (χ1n) is 4.13. The lowest BCUT2D eigenvalue weighted by atomic mass is 9.83. The smallest absolute Gasteiger partial charge is 0.0292 e. The van der Waals surface area contributed by atoms with Gasteiger partial charge in [0.2, 0.25) is 0 Å². The van der Waals surface area contributed by atoms with Crippen molar-refractivity contribution in [2.45, 2.75) is 19.3 Å². The fourth-order valence-corrected chi connectivity index (χ4v) is 2.63. The lowest BCUT2D eigenvalue weighted by Gasteiger charge is -2.31. The second kappa shape index (κ2) is 2.38. The van der Waals surface area contributed by atoms with Gasteiger partial charge in [-0.25, -0.2) is 0 Å². The van der Waals surface area contributed by atoms with Gasteiger partial charge in [0.25, 0.3) is 0 Å². The molecule has 2 heteroatoms.